The van der Waals surface area contributed by atoms with Gasteiger partial charge < -0.3 is 19.5 Å². The highest BCUT2D eigenvalue weighted by molar-refractivity contribution is 5.98. The molecule has 0 aliphatic carbocycles. The van der Waals surface area contributed by atoms with E-state index in [0.717, 1.165) is 51.1 Å². The predicted octanol–water partition coefficient (Wildman–Crippen LogP) is 5.02. The summed E-state index contributed by atoms with van der Waals surface area (Å²) < 4.78 is 7.75. The summed E-state index contributed by atoms with van der Waals surface area (Å²) in [7, 11) is 1.60. The number of methoxy groups -OCH3 is 1. The highest BCUT2D eigenvalue weighted by Gasteiger charge is 2.25. The van der Waals surface area contributed by atoms with Gasteiger partial charge in [0.1, 0.15) is 5.75 Å². The Kier molecular flexibility index (Phi) is 6.05. The van der Waals surface area contributed by atoms with Crippen LogP contribution in [0.15, 0.2) is 60.9 Å². The average molecular weight is 482 g/mol. The van der Waals surface area contributed by atoms with E-state index < -0.39 is 0 Å². The normalized spacial score (nSPS) is 15.8. The number of anilines is 1. The Balaban J connectivity index is 1.10. The SMILES string of the molecule is COc1ccccc1C(=O)N1CCC(CNc2nccc(-c3cn4c5c(cccc35)CCC4)n2)CC1. The minimum atomic E-state index is 0.0428. The largest absolute Gasteiger partial charge is 0.496 e. The Bertz CT molecular complexity index is 1400. The topological polar surface area (TPSA) is 72.3 Å². The van der Waals surface area contributed by atoms with Crippen molar-refractivity contribution in [1.82, 2.24) is 19.4 Å². The molecule has 2 aliphatic rings. The van der Waals surface area contributed by atoms with E-state index in [1.54, 1.807) is 7.11 Å². The molecule has 1 N–H and O–H groups in total. The molecule has 0 saturated carbocycles. The van der Waals surface area contributed by atoms with E-state index in [4.69, 9.17) is 9.72 Å². The van der Waals surface area contributed by atoms with Gasteiger partial charge in [0.15, 0.2) is 0 Å². The van der Waals surface area contributed by atoms with Gasteiger partial charge >= 0.3 is 0 Å². The van der Waals surface area contributed by atoms with Crippen LogP contribution in [0.5, 0.6) is 5.75 Å². The molecule has 1 saturated heterocycles. The number of nitrogens with one attached hydrogen (secondary N) is 1. The van der Waals surface area contributed by atoms with E-state index in [1.165, 1.54) is 28.5 Å². The molecule has 2 aromatic heterocycles. The first-order chi connectivity index (χ1) is 17.7. The Morgan fingerprint density at radius 3 is 2.81 bits per heavy atom. The number of aromatic nitrogens is 3. The lowest BCUT2D eigenvalue weighted by Gasteiger charge is -2.32. The standard InChI is InChI=1S/C29H31N5O2/c1-36-26-10-3-2-8-23(26)28(35)33-16-12-20(13-17-33)18-31-29-30-14-11-25(32-29)24-19-34-15-5-7-21-6-4-9-22(24)27(21)34/h2-4,6,8-11,14,19-20H,5,7,12-13,15-18H2,1H3,(H,30,31,32). The number of rotatable bonds is 6. The number of hydrogen-bond donors (Lipinski definition) is 1. The molecule has 2 aliphatic heterocycles. The number of para-hydroxylation sites is 2. The number of aryl methyl sites for hydroxylation is 2. The van der Waals surface area contributed by atoms with E-state index in [1.807, 2.05) is 41.4 Å². The van der Waals surface area contributed by atoms with Crippen LogP contribution in [-0.2, 0) is 13.0 Å². The molecule has 0 spiro atoms. The molecular weight excluding hydrogens is 450 g/mol. The van der Waals surface area contributed by atoms with E-state index in [-0.39, 0.29) is 5.91 Å². The summed E-state index contributed by atoms with van der Waals surface area (Å²) in [5.41, 5.74) is 5.52. The lowest BCUT2D eigenvalue weighted by molar-refractivity contribution is 0.0691. The van der Waals surface area contributed by atoms with Crippen LogP contribution in [0.25, 0.3) is 22.2 Å². The van der Waals surface area contributed by atoms with Gasteiger partial charge in [0, 0.05) is 49.5 Å². The number of likely N-dealkylation sites (tertiary alicyclic amines) is 1. The maximum Gasteiger partial charge on any atom is 0.257 e. The van der Waals surface area contributed by atoms with Crippen LogP contribution in [0.4, 0.5) is 5.95 Å². The Morgan fingerprint density at radius 1 is 1.08 bits per heavy atom. The van der Waals surface area contributed by atoms with Crippen LogP contribution >= 0.6 is 0 Å². The molecule has 0 atom stereocenters. The van der Waals surface area contributed by atoms with Crippen molar-refractivity contribution in [1.29, 1.82) is 0 Å². The zero-order chi connectivity index (χ0) is 24.5. The third kappa shape index (κ3) is 4.19. The zero-order valence-electron chi connectivity index (χ0n) is 20.6. The fourth-order valence-corrected chi connectivity index (χ4v) is 5.62. The van der Waals surface area contributed by atoms with Gasteiger partial charge in [-0.15, -0.1) is 0 Å². The van der Waals surface area contributed by atoms with Crippen molar-refractivity contribution in [2.75, 3.05) is 32.1 Å². The molecule has 184 valence electrons. The van der Waals surface area contributed by atoms with Crippen molar-refractivity contribution < 1.29 is 9.53 Å². The summed E-state index contributed by atoms with van der Waals surface area (Å²) in [4.78, 5) is 24.3. The molecule has 7 heteroatoms. The molecule has 7 nitrogen and oxygen atoms in total. The fourth-order valence-electron chi connectivity index (χ4n) is 5.62. The van der Waals surface area contributed by atoms with Gasteiger partial charge in [-0.25, -0.2) is 9.97 Å². The van der Waals surface area contributed by atoms with Gasteiger partial charge in [-0.2, -0.15) is 0 Å². The van der Waals surface area contributed by atoms with Crippen LogP contribution in [0.3, 0.4) is 0 Å². The van der Waals surface area contributed by atoms with Crippen molar-refractivity contribution in [2.45, 2.75) is 32.2 Å². The number of hydrogen-bond acceptors (Lipinski definition) is 5. The maximum absolute atomic E-state index is 13.0. The molecule has 36 heavy (non-hydrogen) atoms. The quantitative estimate of drug-likeness (QED) is 0.419. The lowest BCUT2D eigenvalue weighted by atomic mass is 9.96. The Morgan fingerprint density at radius 2 is 1.94 bits per heavy atom. The summed E-state index contributed by atoms with van der Waals surface area (Å²) in [5.74, 6) is 1.80. The first-order valence-corrected chi connectivity index (χ1v) is 12.8. The molecule has 0 radical (unpaired) electrons. The van der Waals surface area contributed by atoms with Crippen LogP contribution in [0.1, 0.15) is 35.2 Å². The molecule has 1 amide bonds. The number of piperidine rings is 1. The third-order valence-electron chi connectivity index (χ3n) is 7.55. The van der Waals surface area contributed by atoms with Crippen LogP contribution in [0.2, 0.25) is 0 Å². The average Bonchev–Trinajstić information content (AvgIpc) is 3.32. The number of carbonyl (C=O) groups is 1. The zero-order valence-corrected chi connectivity index (χ0v) is 20.6. The van der Waals surface area contributed by atoms with Crippen molar-refractivity contribution in [3.63, 3.8) is 0 Å². The van der Waals surface area contributed by atoms with Crippen molar-refractivity contribution in [3.05, 3.63) is 72.1 Å². The molecule has 4 aromatic rings. The van der Waals surface area contributed by atoms with Crippen LogP contribution < -0.4 is 10.1 Å². The fraction of sp³-hybridized carbons (Fsp3) is 0.345. The number of carbonyl (C=O) groups excluding carboxylic acids is 1. The summed E-state index contributed by atoms with van der Waals surface area (Å²) in [6, 6.07) is 16.0. The molecule has 0 unspecified atom stereocenters. The second kappa shape index (κ2) is 9.64. The van der Waals surface area contributed by atoms with Gasteiger partial charge in [-0.3, -0.25) is 4.79 Å². The number of ether oxygens (including phenoxy) is 1. The second-order valence-corrected chi connectivity index (χ2v) is 9.74. The molecule has 1 fully saturated rings. The van der Waals surface area contributed by atoms with Gasteiger partial charge in [0.25, 0.3) is 5.91 Å². The smallest absolute Gasteiger partial charge is 0.257 e. The summed E-state index contributed by atoms with van der Waals surface area (Å²) >= 11 is 0. The van der Waals surface area contributed by atoms with E-state index >= 15 is 0 Å². The molecule has 0 bridgehead atoms. The minimum absolute atomic E-state index is 0.0428. The first kappa shape index (κ1) is 22.6. The lowest BCUT2D eigenvalue weighted by Crippen LogP contribution is -2.40. The predicted molar refractivity (Wildman–Crippen MR) is 141 cm³/mol. The van der Waals surface area contributed by atoms with Crippen molar-refractivity contribution >= 4 is 22.8 Å². The Hall–Kier alpha value is -3.87. The number of nitrogens with zero attached hydrogens (tertiary/aromatic N) is 4. The molecule has 6 rings (SSSR count). The monoisotopic (exact) mass is 481 g/mol. The van der Waals surface area contributed by atoms with E-state index in [0.29, 0.717) is 23.2 Å². The summed E-state index contributed by atoms with van der Waals surface area (Å²) in [6.45, 7) is 3.34. The molecule has 4 heterocycles. The van der Waals surface area contributed by atoms with E-state index in [9.17, 15) is 4.79 Å². The third-order valence-corrected chi connectivity index (χ3v) is 7.55. The van der Waals surface area contributed by atoms with E-state index in [2.05, 4.69) is 39.3 Å². The minimum Gasteiger partial charge on any atom is -0.496 e. The van der Waals surface area contributed by atoms with Gasteiger partial charge in [-0.05, 0) is 55.4 Å². The van der Waals surface area contributed by atoms with Crippen LogP contribution in [-0.4, -0.2) is 52.1 Å². The number of amides is 1. The van der Waals surface area contributed by atoms with Crippen LogP contribution in [0, 0.1) is 5.92 Å². The Labute approximate surface area is 211 Å². The van der Waals surface area contributed by atoms with Gasteiger partial charge in [-0.1, -0.05) is 30.3 Å². The van der Waals surface area contributed by atoms with Crippen molar-refractivity contribution in [3.8, 4) is 17.0 Å². The van der Waals surface area contributed by atoms with Gasteiger partial charge in [0.2, 0.25) is 5.95 Å². The number of benzene rings is 2. The highest BCUT2D eigenvalue weighted by atomic mass is 16.5. The molecular formula is C29H31N5O2. The van der Waals surface area contributed by atoms with Gasteiger partial charge in [0.05, 0.1) is 23.9 Å². The second-order valence-electron chi connectivity index (χ2n) is 9.74. The van der Waals surface area contributed by atoms with Crippen molar-refractivity contribution in [2.24, 2.45) is 5.92 Å². The highest BCUT2D eigenvalue weighted by Crippen LogP contribution is 2.34. The molecule has 2 aromatic carbocycles. The summed E-state index contributed by atoms with van der Waals surface area (Å²) in [6.07, 6.45) is 8.30. The maximum atomic E-state index is 13.0. The first-order valence-electron chi connectivity index (χ1n) is 12.8. The summed E-state index contributed by atoms with van der Waals surface area (Å²) in [5, 5.41) is 4.73.